The molecule has 0 aliphatic carbocycles. The van der Waals surface area contributed by atoms with Gasteiger partial charge >= 0.3 is 7.82 Å². The number of hydrogen-bond acceptors (Lipinski definition) is 6. The summed E-state index contributed by atoms with van der Waals surface area (Å²) in [5, 5.41) is 0. The molecule has 0 saturated carbocycles. The van der Waals surface area contributed by atoms with Crippen molar-refractivity contribution in [3.63, 3.8) is 0 Å². The van der Waals surface area contributed by atoms with Gasteiger partial charge in [0, 0.05) is 6.61 Å². The molecule has 0 radical (unpaired) electrons. The van der Waals surface area contributed by atoms with Crippen molar-refractivity contribution in [2.24, 2.45) is 0 Å². The molecule has 0 amide bonds. The van der Waals surface area contributed by atoms with E-state index in [4.69, 9.17) is 18.9 Å². The van der Waals surface area contributed by atoms with Gasteiger partial charge in [-0.1, -0.05) is 51.9 Å². The van der Waals surface area contributed by atoms with Crippen LogP contribution in [0.5, 0.6) is 0 Å². The highest BCUT2D eigenvalue weighted by molar-refractivity contribution is 7.47. The molecule has 8 heteroatoms. The van der Waals surface area contributed by atoms with Crippen LogP contribution in [-0.4, -0.2) is 44.5 Å². The average Bonchev–Trinajstić information content (AvgIpc) is 2.55. The van der Waals surface area contributed by atoms with Crippen LogP contribution in [0, 0.1) is 0 Å². The first-order chi connectivity index (χ1) is 11.6. The van der Waals surface area contributed by atoms with E-state index in [9.17, 15) is 9.46 Å². The van der Waals surface area contributed by atoms with Crippen molar-refractivity contribution in [3.05, 3.63) is 0 Å². The van der Waals surface area contributed by atoms with Crippen LogP contribution < -0.4 is 0 Å². The maximum Gasteiger partial charge on any atom is 0.499 e. The molecule has 1 N–H and O–H groups in total. The van der Waals surface area contributed by atoms with Crippen molar-refractivity contribution >= 4 is 7.82 Å². The van der Waals surface area contributed by atoms with Crippen LogP contribution in [0.4, 0.5) is 0 Å². The maximum atomic E-state index is 11.5. The number of ether oxygens (including phenoxy) is 2. The SMILES string of the molecule is CCCCCCCCCCOOP(=O)(O)OCCOCCOCC. The zero-order chi connectivity index (χ0) is 17.9. The van der Waals surface area contributed by atoms with Crippen molar-refractivity contribution in [2.45, 2.75) is 65.2 Å². The van der Waals surface area contributed by atoms with E-state index >= 15 is 0 Å². The first kappa shape index (κ1) is 24.0. The van der Waals surface area contributed by atoms with E-state index in [2.05, 4.69) is 11.6 Å². The summed E-state index contributed by atoms with van der Waals surface area (Å²) < 4.78 is 30.9. The Labute approximate surface area is 146 Å². The van der Waals surface area contributed by atoms with Gasteiger partial charge in [-0.05, 0) is 13.3 Å². The Bertz CT molecular complexity index is 302. The molecule has 0 aliphatic rings. The van der Waals surface area contributed by atoms with Crippen molar-refractivity contribution < 1.29 is 33.0 Å². The molecule has 0 aromatic carbocycles. The lowest BCUT2D eigenvalue weighted by Gasteiger charge is -2.11. The molecule has 0 aromatic rings. The minimum atomic E-state index is -4.16. The highest BCUT2D eigenvalue weighted by Crippen LogP contribution is 2.43. The second-order valence-corrected chi connectivity index (χ2v) is 6.83. The molecule has 0 saturated heterocycles. The van der Waals surface area contributed by atoms with E-state index in [0.29, 0.717) is 19.8 Å². The van der Waals surface area contributed by atoms with E-state index in [-0.39, 0.29) is 19.8 Å². The van der Waals surface area contributed by atoms with Gasteiger partial charge < -0.3 is 14.4 Å². The third-order valence-electron chi connectivity index (χ3n) is 3.29. The van der Waals surface area contributed by atoms with Crippen LogP contribution in [0.25, 0.3) is 0 Å². The molecule has 0 bridgehead atoms. The monoisotopic (exact) mass is 370 g/mol. The molecular weight excluding hydrogens is 335 g/mol. The second-order valence-electron chi connectivity index (χ2n) is 5.48. The third kappa shape index (κ3) is 18.3. The first-order valence-corrected chi connectivity index (χ1v) is 10.6. The summed E-state index contributed by atoms with van der Waals surface area (Å²) in [5.74, 6) is 0. The Morgan fingerprint density at radius 3 is 2.00 bits per heavy atom. The van der Waals surface area contributed by atoms with E-state index < -0.39 is 7.82 Å². The highest BCUT2D eigenvalue weighted by Gasteiger charge is 2.22. The van der Waals surface area contributed by atoms with Crippen molar-refractivity contribution in [1.29, 1.82) is 0 Å². The molecule has 0 heterocycles. The summed E-state index contributed by atoms with van der Waals surface area (Å²) in [5.41, 5.74) is 0. The maximum absolute atomic E-state index is 11.5. The fraction of sp³-hybridized carbons (Fsp3) is 1.00. The molecule has 146 valence electrons. The lowest BCUT2D eigenvalue weighted by atomic mass is 10.1. The zero-order valence-corrected chi connectivity index (χ0v) is 16.1. The number of phosphoric acid groups is 1. The lowest BCUT2D eigenvalue weighted by Crippen LogP contribution is -2.09. The van der Waals surface area contributed by atoms with Gasteiger partial charge in [0.2, 0.25) is 0 Å². The van der Waals surface area contributed by atoms with Gasteiger partial charge in [0.05, 0.1) is 33.0 Å². The van der Waals surface area contributed by atoms with Crippen LogP contribution in [0.1, 0.15) is 65.2 Å². The van der Waals surface area contributed by atoms with Gasteiger partial charge in [0.25, 0.3) is 0 Å². The third-order valence-corrected chi connectivity index (χ3v) is 4.09. The predicted molar refractivity (Wildman–Crippen MR) is 92.7 cm³/mol. The van der Waals surface area contributed by atoms with Crippen LogP contribution in [0.3, 0.4) is 0 Å². The highest BCUT2D eigenvalue weighted by atomic mass is 31.2. The fourth-order valence-electron chi connectivity index (χ4n) is 2.00. The Hall–Kier alpha value is -0.0100. The summed E-state index contributed by atoms with van der Waals surface area (Å²) in [6.45, 7) is 6.09. The van der Waals surface area contributed by atoms with E-state index in [0.717, 1.165) is 19.3 Å². The van der Waals surface area contributed by atoms with Crippen molar-refractivity contribution in [3.8, 4) is 0 Å². The van der Waals surface area contributed by atoms with E-state index in [1.807, 2.05) is 6.92 Å². The molecule has 7 nitrogen and oxygen atoms in total. The van der Waals surface area contributed by atoms with Gasteiger partial charge in [0.15, 0.2) is 0 Å². The summed E-state index contributed by atoms with van der Waals surface area (Å²) in [6, 6.07) is 0. The van der Waals surface area contributed by atoms with Crippen LogP contribution >= 0.6 is 7.82 Å². The summed E-state index contributed by atoms with van der Waals surface area (Å²) in [7, 11) is -4.16. The largest absolute Gasteiger partial charge is 0.499 e. The summed E-state index contributed by atoms with van der Waals surface area (Å²) in [4.78, 5) is 14.1. The molecule has 0 aromatic heterocycles. The topological polar surface area (TPSA) is 83.5 Å². The molecule has 24 heavy (non-hydrogen) atoms. The van der Waals surface area contributed by atoms with Crippen molar-refractivity contribution in [2.75, 3.05) is 39.6 Å². The Balaban J connectivity index is 3.33. The second kappa shape index (κ2) is 17.8. The minimum Gasteiger partial charge on any atom is -0.379 e. The van der Waals surface area contributed by atoms with Crippen LogP contribution in [-0.2, 0) is 28.1 Å². The van der Waals surface area contributed by atoms with Gasteiger partial charge in [-0.3, -0.25) is 4.52 Å². The number of unbranched alkanes of at least 4 members (excludes halogenated alkanes) is 7. The van der Waals surface area contributed by atoms with Gasteiger partial charge in [-0.15, -0.1) is 4.67 Å². The van der Waals surface area contributed by atoms with Gasteiger partial charge in [-0.2, -0.15) is 0 Å². The first-order valence-electron chi connectivity index (χ1n) is 9.06. The molecule has 0 fully saturated rings. The Morgan fingerprint density at radius 2 is 1.33 bits per heavy atom. The summed E-state index contributed by atoms with van der Waals surface area (Å²) >= 11 is 0. The smallest absolute Gasteiger partial charge is 0.379 e. The lowest BCUT2D eigenvalue weighted by molar-refractivity contribution is -0.225. The minimum absolute atomic E-state index is 0.0407. The van der Waals surface area contributed by atoms with E-state index in [1.54, 1.807) is 0 Å². The molecule has 1 unspecified atom stereocenters. The standard InChI is InChI=1S/C16H35O7P/c1-3-5-6-7-8-9-10-11-12-21-23-24(17,18)22-16-15-20-14-13-19-4-2/h3-16H2,1-2H3,(H,17,18). The quantitative estimate of drug-likeness (QED) is 0.157. The Morgan fingerprint density at radius 1 is 0.750 bits per heavy atom. The zero-order valence-electron chi connectivity index (χ0n) is 15.2. The molecule has 0 spiro atoms. The average molecular weight is 370 g/mol. The molecule has 0 aliphatic heterocycles. The van der Waals surface area contributed by atoms with Crippen LogP contribution in [0.15, 0.2) is 0 Å². The molecular formula is C16H35O7P. The van der Waals surface area contributed by atoms with Crippen LogP contribution in [0.2, 0.25) is 0 Å². The fourth-order valence-corrected chi connectivity index (χ4v) is 2.55. The van der Waals surface area contributed by atoms with Gasteiger partial charge in [0.1, 0.15) is 0 Å². The van der Waals surface area contributed by atoms with E-state index in [1.165, 1.54) is 32.1 Å². The Kier molecular flexibility index (Phi) is 17.8. The predicted octanol–water partition coefficient (Wildman–Crippen LogP) is 4.25. The normalized spacial score (nSPS) is 14.0. The molecule has 0 rings (SSSR count). The number of rotatable bonds is 19. The van der Waals surface area contributed by atoms with Crippen molar-refractivity contribution in [1.82, 2.24) is 0 Å². The molecule has 1 atom stereocenters. The number of hydrogen-bond donors (Lipinski definition) is 1. The number of phosphoric ester groups is 1. The van der Waals surface area contributed by atoms with Gasteiger partial charge in [-0.25, -0.2) is 9.45 Å². The summed E-state index contributed by atoms with van der Waals surface area (Å²) in [6.07, 6.45) is 9.35.